The third-order valence-corrected chi connectivity index (χ3v) is 9.27. The van der Waals surface area contributed by atoms with E-state index in [1.807, 2.05) is 30.3 Å². The molecular weight excluding hydrogens is 492 g/mol. The third-order valence-electron chi connectivity index (χ3n) is 5.40. The fraction of sp³-hybridized carbons (Fsp3) is 0.348. The number of carbonyl (C=O) groups excluding carboxylic acids is 2. The molecule has 0 bridgehead atoms. The number of thioether (sulfide) groups is 1. The summed E-state index contributed by atoms with van der Waals surface area (Å²) in [5.74, 6) is -2.01. The molecule has 0 aliphatic carbocycles. The third kappa shape index (κ3) is 6.74. The molecule has 0 saturated carbocycles. The van der Waals surface area contributed by atoms with E-state index in [1.165, 1.54) is 12.1 Å². The first-order valence-corrected chi connectivity index (χ1v) is 13.2. The molecule has 3 atom stereocenters. The second kappa shape index (κ2) is 11.1. The lowest BCUT2D eigenvalue weighted by molar-refractivity contribution is -0.142. The zero-order valence-electron chi connectivity index (χ0n) is 19.2. The Morgan fingerprint density at radius 3 is 2.23 bits per heavy atom. The number of aliphatic carboxylic acids is 1. The van der Waals surface area contributed by atoms with E-state index in [1.54, 1.807) is 32.0 Å². The van der Waals surface area contributed by atoms with Gasteiger partial charge < -0.3 is 21.1 Å². The molecule has 0 aromatic heterocycles. The van der Waals surface area contributed by atoms with Gasteiger partial charge in [0.25, 0.3) is 0 Å². The second-order valence-electron chi connectivity index (χ2n) is 8.46. The van der Waals surface area contributed by atoms with Crippen molar-refractivity contribution in [2.24, 2.45) is 0 Å². The van der Waals surface area contributed by atoms with Crippen molar-refractivity contribution >= 4 is 39.5 Å². The number of rotatable bonds is 9. The maximum atomic E-state index is 13.0. The van der Waals surface area contributed by atoms with Gasteiger partial charge in [0.2, 0.25) is 15.7 Å². The lowest BCUT2D eigenvalue weighted by Gasteiger charge is -2.25. The van der Waals surface area contributed by atoms with E-state index in [4.69, 9.17) is 0 Å². The lowest BCUT2D eigenvalue weighted by Crippen LogP contribution is -2.57. The number of carboxylic acid groups (broad SMARTS) is 1. The van der Waals surface area contributed by atoms with Crippen LogP contribution in [-0.2, 0) is 26.0 Å². The van der Waals surface area contributed by atoms with Crippen LogP contribution in [0.4, 0.5) is 4.79 Å². The number of amides is 3. The van der Waals surface area contributed by atoms with Gasteiger partial charge in [0.05, 0.1) is 11.4 Å². The van der Waals surface area contributed by atoms with E-state index in [0.717, 1.165) is 17.3 Å². The minimum atomic E-state index is -3.78. The van der Waals surface area contributed by atoms with Gasteiger partial charge in [0.1, 0.15) is 12.1 Å². The highest BCUT2D eigenvalue weighted by atomic mass is 32.3. The highest BCUT2D eigenvalue weighted by molar-refractivity contribution is 8.14. The van der Waals surface area contributed by atoms with Crippen molar-refractivity contribution in [1.82, 2.24) is 21.3 Å². The van der Waals surface area contributed by atoms with Crippen molar-refractivity contribution in [2.45, 2.75) is 46.8 Å². The monoisotopic (exact) mass is 520 g/mol. The number of hydrogen-bond acceptors (Lipinski definition) is 7. The topological polar surface area (TPSA) is 154 Å². The first-order valence-electron chi connectivity index (χ1n) is 10.8. The number of nitrogens with one attached hydrogen (secondary N) is 4. The molecule has 1 saturated heterocycles. The number of sulfone groups is 1. The molecule has 10 nitrogen and oxygen atoms in total. The summed E-state index contributed by atoms with van der Waals surface area (Å²) in [7, 11) is -3.78. The van der Waals surface area contributed by atoms with Gasteiger partial charge in [-0.05, 0) is 31.5 Å². The molecule has 1 aliphatic rings. The van der Waals surface area contributed by atoms with E-state index in [9.17, 15) is 27.9 Å². The average Bonchev–Trinajstić information content (AvgIpc) is 3.17. The Morgan fingerprint density at radius 2 is 1.63 bits per heavy atom. The largest absolute Gasteiger partial charge is 0.480 e. The molecule has 3 unspecified atom stereocenters. The molecular formula is C23H28N4O6S2. The first kappa shape index (κ1) is 26.5. The number of carboxylic acids is 1. The Morgan fingerprint density at radius 1 is 1.03 bits per heavy atom. The van der Waals surface area contributed by atoms with Crippen LogP contribution in [0, 0.1) is 0 Å². The van der Waals surface area contributed by atoms with Gasteiger partial charge in [-0.2, -0.15) is 0 Å². The van der Waals surface area contributed by atoms with E-state index in [0.29, 0.717) is 0 Å². The molecule has 3 rings (SSSR count). The Balaban J connectivity index is 1.59. The summed E-state index contributed by atoms with van der Waals surface area (Å²) in [6.45, 7) is 3.32. The fourth-order valence-corrected chi connectivity index (χ4v) is 7.23. The predicted molar refractivity (Wildman–Crippen MR) is 132 cm³/mol. The Hall–Kier alpha value is -3.09. The smallest absolute Gasteiger partial charge is 0.328 e. The van der Waals surface area contributed by atoms with Gasteiger partial charge in [0, 0.05) is 11.3 Å². The van der Waals surface area contributed by atoms with Crippen molar-refractivity contribution < 1.29 is 27.9 Å². The summed E-state index contributed by atoms with van der Waals surface area (Å²) in [4.78, 5) is 36.9. The van der Waals surface area contributed by atoms with Crippen LogP contribution in [0.3, 0.4) is 0 Å². The van der Waals surface area contributed by atoms with Gasteiger partial charge in [-0.15, -0.1) is 11.8 Å². The van der Waals surface area contributed by atoms with Crippen molar-refractivity contribution in [2.75, 3.05) is 6.54 Å². The van der Waals surface area contributed by atoms with E-state index < -0.39 is 49.3 Å². The van der Waals surface area contributed by atoms with Gasteiger partial charge in [-0.3, -0.25) is 10.1 Å². The SMILES string of the molecule is CC1(C)SC(S(=O)(=O)c2ccccc2)NC1C(=O)NC(CNC(=O)NCc1ccccc1)C(=O)O. The molecule has 3 amide bonds. The van der Waals surface area contributed by atoms with Gasteiger partial charge >= 0.3 is 12.0 Å². The molecule has 5 N–H and O–H groups in total. The minimum absolute atomic E-state index is 0.121. The van der Waals surface area contributed by atoms with Crippen LogP contribution in [0.15, 0.2) is 65.6 Å². The number of carbonyl (C=O) groups is 3. The summed E-state index contributed by atoms with van der Waals surface area (Å²) >= 11 is 1.08. The van der Waals surface area contributed by atoms with E-state index >= 15 is 0 Å². The molecule has 1 aliphatic heterocycles. The van der Waals surface area contributed by atoms with Crippen LogP contribution in [-0.4, -0.2) is 59.5 Å². The predicted octanol–water partition coefficient (Wildman–Crippen LogP) is 1.30. The summed E-state index contributed by atoms with van der Waals surface area (Å²) in [6.07, 6.45) is 0. The zero-order chi connectivity index (χ0) is 25.6. The van der Waals surface area contributed by atoms with Gasteiger partial charge in [0.15, 0.2) is 4.71 Å². The molecule has 2 aromatic rings. The zero-order valence-corrected chi connectivity index (χ0v) is 20.9. The van der Waals surface area contributed by atoms with Gasteiger partial charge in [-0.1, -0.05) is 48.5 Å². The quantitative estimate of drug-likeness (QED) is 0.332. The molecule has 12 heteroatoms. The first-order chi connectivity index (χ1) is 16.5. The highest BCUT2D eigenvalue weighted by Crippen LogP contribution is 2.41. The number of urea groups is 1. The molecule has 0 radical (unpaired) electrons. The summed E-state index contributed by atoms with van der Waals surface area (Å²) in [5.41, 5.74) is 0.873. The lowest BCUT2D eigenvalue weighted by atomic mass is 10.0. The van der Waals surface area contributed by atoms with Crippen molar-refractivity contribution in [3.63, 3.8) is 0 Å². The molecule has 2 aromatic carbocycles. The van der Waals surface area contributed by atoms with Crippen LogP contribution in [0.5, 0.6) is 0 Å². The highest BCUT2D eigenvalue weighted by Gasteiger charge is 2.50. The van der Waals surface area contributed by atoms with Crippen LogP contribution in [0.1, 0.15) is 19.4 Å². The second-order valence-corrected chi connectivity index (χ2v) is 12.6. The number of hydrogen-bond donors (Lipinski definition) is 5. The summed E-state index contributed by atoms with van der Waals surface area (Å²) in [6, 6.07) is 14.1. The standard InChI is InChI=1S/C23H28N4O6S2/c1-23(2)18(27-22(34-23)35(32,33)16-11-7-4-8-12-16)19(28)26-17(20(29)30)14-25-21(31)24-13-15-9-5-3-6-10-15/h3-12,17-18,22,27H,13-14H2,1-2H3,(H,26,28)(H,29,30)(H2,24,25,31). The molecule has 1 heterocycles. The van der Waals surface area contributed by atoms with E-state index in [-0.39, 0.29) is 18.0 Å². The fourth-order valence-electron chi connectivity index (χ4n) is 3.48. The molecule has 1 fully saturated rings. The van der Waals surface area contributed by atoms with Crippen LogP contribution in [0.25, 0.3) is 0 Å². The molecule has 188 valence electrons. The van der Waals surface area contributed by atoms with Crippen molar-refractivity contribution in [1.29, 1.82) is 0 Å². The van der Waals surface area contributed by atoms with Crippen LogP contribution < -0.4 is 21.3 Å². The molecule has 35 heavy (non-hydrogen) atoms. The Bertz CT molecular complexity index is 1160. The number of benzene rings is 2. The van der Waals surface area contributed by atoms with Crippen molar-refractivity contribution in [3.8, 4) is 0 Å². The summed E-state index contributed by atoms with van der Waals surface area (Å²) in [5, 5.41) is 19.8. The van der Waals surface area contributed by atoms with Crippen LogP contribution in [0.2, 0.25) is 0 Å². The Labute approximate surface area is 208 Å². The Kier molecular flexibility index (Phi) is 8.41. The average molecular weight is 521 g/mol. The normalized spacial score (nSPS) is 19.9. The maximum absolute atomic E-state index is 13.0. The van der Waals surface area contributed by atoms with Crippen molar-refractivity contribution in [3.05, 3.63) is 66.2 Å². The summed E-state index contributed by atoms with van der Waals surface area (Å²) < 4.78 is 24.1. The minimum Gasteiger partial charge on any atom is -0.480 e. The maximum Gasteiger partial charge on any atom is 0.328 e. The molecule has 0 spiro atoms. The van der Waals surface area contributed by atoms with Crippen LogP contribution >= 0.6 is 11.8 Å². The van der Waals surface area contributed by atoms with Gasteiger partial charge in [-0.25, -0.2) is 18.0 Å². The van der Waals surface area contributed by atoms with E-state index in [2.05, 4.69) is 21.3 Å².